The van der Waals surface area contributed by atoms with Gasteiger partial charge in [0, 0.05) is 7.05 Å². The zero-order chi connectivity index (χ0) is 21.6. The number of fused-ring (bicyclic) bond motifs is 3. The minimum atomic E-state index is -1.06. The van der Waals surface area contributed by atoms with Gasteiger partial charge in [0.25, 0.3) is 5.91 Å². The summed E-state index contributed by atoms with van der Waals surface area (Å²) in [4.78, 5) is 41.1. The molecular weight excluding hydrogens is 398 g/mol. The minimum Gasteiger partial charge on any atom is -0.486 e. The van der Waals surface area contributed by atoms with Gasteiger partial charge in [0.1, 0.15) is 18.7 Å². The second-order valence-electron chi connectivity index (χ2n) is 8.16. The summed E-state index contributed by atoms with van der Waals surface area (Å²) in [5.74, 6) is 0.606. The summed E-state index contributed by atoms with van der Waals surface area (Å²) in [5.41, 5.74) is 0.815. The molecule has 31 heavy (non-hydrogen) atoms. The number of aryl methyl sites for hydroxylation is 1. The molecule has 1 N–H and O–H groups in total. The van der Waals surface area contributed by atoms with Crippen LogP contribution >= 0.6 is 0 Å². The average Bonchev–Trinajstić information content (AvgIpc) is 3.26. The predicted octanol–water partition coefficient (Wildman–Crippen LogP) is 1.68. The number of imide groups is 1. The first-order valence-corrected chi connectivity index (χ1v) is 10.3. The summed E-state index contributed by atoms with van der Waals surface area (Å²) < 4.78 is 11.6. The van der Waals surface area contributed by atoms with E-state index in [4.69, 9.17) is 9.47 Å². The van der Waals surface area contributed by atoms with E-state index in [0.717, 1.165) is 16.0 Å². The molecule has 0 unspecified atom stereocenters. The number of ether oxygens (including phenoxy) is 2. The number of benzene rings is 2. The topological polar surface area (TPSA) is 88.2 Å². The monoisotopic (exact) mass is 421 g/mol. The standard InChI is InChI=1S/C23H23N3O5/c1-25(12-16-14-30-18-8-4-5-9-19(18)31-16)20(27)13-26-21(28)23(24-22(26)29)11-10-15-6-2-3-7-17(15)23/h2-9,16H,10-14H2,1H3,(H,24,29)/t16-,23+/m1/s1. The van der Waals surface area contributed by atoms with Gasteiger partial charge in [-0.1, -0.05) is 36.4 Å². The molecule has 2 atom stereocenters. The van der Waals surface area contributed by atoms with Crippen LogP contribution in [-0.2, 0) is 21.5 Å². The van der Waals surface area contributed by atoms with Gasteiger partial charge in [0.05, 0.1) is 6.54 Å². The van der Waals surface area contributed by atoms with E-state index in [9.17, 15) is 14.4 Å². The highest BCUT2D eigenvalue weighted by Gasteiger charge is 2.55. The van der Waals surface area contributed by atoms with E-state index in [1.54, 1.807) is 7.05 Å². The molecule has 2 heterocycles. The third-order valence-electron chi connectivity index (χ3n) is 6.19. The Morgan fingerprint density at radius 1 is 1.16 bits per heavy atom. The van der Waals surface area contributed by atoms with Crippen molar-refractivity contribution < 1.29 is 23.9 Å². The number of rotatable bonds is 4. The lowest BCUT2D eigenvalue weighted by molar-refractivity contribution is -0.139. The first-order valence-electron chi connectivity index (χ1n) is 10.3. The lowest BCUT2D eigenvalue weighted by Gasteiger charge is -2.30. The van der Waals surface area contributed by atoms with E-state index in [-0.39, 0.29) is 31.0 Å². The van der Waals surface area contributed by atoms with Crippen LogP contribution in [0.15, 0.2) is 48.5 Å². The summed E-state index contributed by atoms with van der Waals surface area (Å²) >= 11 is 0. The molecule has 3 aliphatic rings. The normalized spacial score (nSPS) is 23.6. The zero-order valence-corrected chi connectivity index (χ0v) is 17.2. The van der Waals surface area contributed by atoms with Crippen molar-refractivity contribution in [2.24, 2.45) is 0 Å². The maximum atomic E-state index is 13.2. The number of likely N-dealkylation sites (N-methyl/N-ethyl adjacent to an activating group) is 1. The second kappa shape index (κ2) is 7.30. The molecule has 8 heteroatoms. The Labute approximate surface area is 179 Å². The third kappa shape index (κ3) is 3.19. The highest BCUT2D eigenvalue weighted by molar-refractivity contribution is 6.09. The van der Waals surface area contributed by atoms with Crippen molar-refractivity contribution in [1.82, 2.24) is 15.1 Å². The maximum Gasteiger partial charge on any atom is 0.325 e. The smallest absolute Gasteiger partial charge is 0.325 e. The summed E-state index contributed by atoms with van der Waals surface area (Å²) in [6.07, 6.45) is 0.883. The zero-order valence-electron chi connectivity index (χ0n) is 17.2. The predicted molar refractivity (Wildman–Crippen MR) is 111 cm³/mol. The van der Waals surface area contributed by atoms with E-state index in [2.05, 4.69) is 5.32 Å². The Morgan fingerprint density at radius 2 is 1.90 bits per heavy atom. The first-order chi connectivity index (χ1) is 15.0. The van der Waals surface area contributed by atoms with Gasteiger partial charge in [-0.3, -0.25) is 14.5 Å². The van der Waals surface area contributed by atoms with Gasteiger partial charge >= 0.3 is 6.03 Å². The molecule has 1 aliphatic carbocycles. The molecule has 1 fully saturated rings. The highest BCUT2D eigenvalue weighted by atomic mass is 16.6. The maximum absolute atomic E-state index is 13.2. The number of carbonyl (C=O) groups is 3. The van der Waals surface area contributed by atoms with E-state index in [1.807, 2.05) is 48.5 Å². The third-order valence-corrected chi connectivity index (χ3v) is 6.19. The number of hydrogen-bond donors (Lipinski definition) is 1. The number of carbonyl (C=O) groups excluding carboxylic acids is 3. The second-order valence-corrected chi connectivity index (χ2v) is 8.16. The van der Waals surface area contributed by atoms with Gasteiger partial charge in [0.2, 0.25) is 5.91 Å². The summed E-state index contributed by atoms with van der Waals surface area (Å²) in [5, 5.41) is 2.84. The molecule has 2 aliphatic heterocycles. The number of hydrogen-bond acceptors (Lipinski definition) is 5. The van der Waals surface area contributed by atoms with Crippen LogP contribution in [0.1, 0.15) is 17.5 Å². The molecule has 2 aromatic rings. The van der Waals surface area contributed by atoms with Crippen LogP contribution in [0.5, 0.6) is 11.5 Å². The Morgan fingerprint density at radius 3 is 2.74 bits per heavy atom. The minimum absolute atomic E-state index is 0.283. The molecule has 0 bridgehead atoms. The Balaban J connectivity index is 1.25. The van der Waals surface area contributed by atoms with Crippen LogP contribution in [0, 0.1) is 0 Å². The van der Waals surface area contributed by atoms with E-state index in [1.165, 1.54) is 4.90 Å². The van der Waals surface area contributed by atoms with Crippen LogP contribution in [0.3, 0.4) is 0 Å². The number of nitrogens with one attached hydrogen (secondary N) is 1. The van der Waals surface area contributed by atoms with Crippen LogP contribution in [0.4, 0.5) is 4.79 Å². The van der Waals surface area contributed by atoms with Crippen molar-refractivity contribution in [2.75, 3.05) is 26.7 Å². The molecule has 1 spiro atoms. The SMILES string of the molecule is CN(C[C@@H]1COc2ccccc2O1)C(=O)CN1C(=O)N[C@]2(CCc3ccccc32)C1=O. The molecule has 5 rings (SSSR count). The van der Waals surface area contributed by atoms with E-state index >= 15 is 0 Å². The van der Waals surface area contributed by atoms with Crippen molar-refractivity contribution in [2.45, 2.75) is 24.5 Å². The van der Waals surface area contributed by atoms with E-state index in [0.29, 0.717) is 30.9 Å². The number of urea groups is 1. The molecule has 4 amide bonds. The lowest BCUT2D eigenvalue weighted by Crippen LogP contribution is -2.47. The van der Waals surface area contributed by atoms with Crippen LogP contribution in [0.25, 0.3) is 0 Å². The molecule has 0 aromatic heterocycles. The van der Waals surface area contributed by atoms with Gasteiger partial charge in [-0.05, 0) is 36.1 Å². The van der Waals surface area contributed by atoms with Gasteiger partial charge in [-0.25, -0.2) is 4.79 Å². The van der Waals surface area contributed by atoms with Gasteiger partial charge in [-0.2, -0.15) is 0 Å². The molecule has 160 valence electrons. The molecule has 8 nitrogen and oxygen atoms in total. The van der Waals surface area contributed by atoms with Gasteiger partial charge < -0.3 is 19.7 Å². The van der Waals surface area contributed by atoms with Crippen molar-refractivity contribution in [1.29, 1.82) is 0 Å². The summed E-state index contributed by atoms with van der Waals surface area (Å²) in [6.45, 7) is 0.289. The molecule has 1 saturated heterocycles. The fourth-order valence-corrected chi connectivity index (χ4v) is 4.55. The largest absolute Gasteiger partial charge is 0.486 e. The van der Waals surface area contributed by atoms with Crippen LogP contribution in [-0.4, -0.2) is 60.5 Å². The Bertz CT molecular complexity index is 1070. The number of nitrogens with zero attached hydrogens (tertiary/aromatic N) is 2. The van der Waals surface area contributed by atoms with Gasteiger partial charge in [-0.15, -0.1) is 0 Å². The molecular formula is C23H23N3O5. The quantitative estimate of drug-likeness (QED) is 0.759. The van der Waals surface area contributed by atoms with Crippen LogP contribution in [0.2, 0.25) is 0 Å². The van der Waals surface area contributed by atoms with Crippen molar-refractivity contribution >= 4 is 17.8 Å². The number of amides is 4. The van der Waals surface area contributed by atoms with Gasteiger partial charge in [0.15, 0.2) is 17.6 Å². The van der Waals surface area contributed by atoms with Crippen molar-refractivity contribution in [3.8, 4) is 11.5 Å². The Kier molecular flexibility index (Phi) is 4.57. The van der Waals surface area contributed by atoms with Crippen molar-refractivity contribution in [3.63, 3.8) is 0 Å². The van der Waals surface area contributed by atoms with Crippen molar-refractivity contribution in [3.05, 3.63) is 59.7 Å². The molecule has 0 saturated carbocycles. The molecule has 0 radical (unpaired) electrons. The summed E-state index contributed by atoms with van der Waals surface area (Å²) in [7, 11) is 1.63. The Hall–Kier alpha value is -3.55. The summed E-state index contributed by atoms with van der Waals surface area (Å²) in [6, 6.07) is 14.5. The highest BCUT2D eigenvalue weighted by Crippen LogP contribution is 2.41. The fourth-order valence-electron chi connectivity index (χ4n) is 4.55. The average molecular weight is 421 g/mol. The van der Waals surface area contributed by atoms with Crippen LogP contribution < -0.4 is 14.8 Å². The first kappa shape index (κ1) is 19.4. The molecule has 2 aromatic carbocycles. The van der Waals surface area contributed by atoms with E-state index < -0.39 is 11.6 Å². The number of para-hydroxylation sites is 2. The fraction of sp³-hybridized carbons (Fsp3) is 0.348. The lowest BCUT2D eigenvalue weighted by atomic mass is 9.92.